The highest BCUT2D eigenvalue weighted by Crippen LogP contribution is 2.10. The predicted octanol–water partition coefficient (Wildman–Crippen LogP) is -0.0470. The minimum Gasteiger partial charge on any atom is -0.476 e. The van der Waals surface area contributed by atoms with E-state index in [0.29, 0.717) is 6.61 Å². The number of anilines is 1. The average Bonchev–Trinajstić information content (AvgIpc) is 2.29. The standard InChI is InChI=1S/C9H13N3O5S/c1-2-17-5-6-18(15,16)12-8-7(9(13)14)10-3-4-11-8/h3-4H,2,5-6H2,1H3,(H,11,12)(H,13,14). The Morgan fingerprint density at radius 3 is 2.72 bits per heavy atom. The largest absolute Gasteiger partial charge is 0.476 e. The van der Waals surface area contributed by atoms with E-state index in [4.69, 9.17) is 9.84 Å². The SMILES string of the molecule is CCOCCS(=O)(=O)Nc1nccnc1C(=O)O. The Kier molecular flexibility index (Phi) is 4.98. The van der Waals surface area contributed by atoms with Crippen molar-refractivity contribution in [2.45, 2.75) is 6.92 Å². The molecule has 0 saturated heterocycles. The Bertz CT molecular complexity index is 517. The van der Waals surface area contributed by atoms with Crippen molar-refractivity contribution in [1.29, 1.82) is 0 Å². The monoisotopic (exact) mass is 275 g/mol. The molecule has 1 rings (SSSR count). The van der Waals surface area contributed by atoms with Gasteiger partial charge >= 0.3 is 5.97 Å². The van der Waals surface area contributed by atoms with Gasteiger partial charge < -0.3 is 9.84 Å². The van der Waals surface area contributed by atoms with Gasteiger partial charge in [0.25, 0.3) is 0 Å². The van der Waals surface area contributed by atoms with E-state index >= 15 is 0 Å². The fraction of sp³-hybridized carbons (Fsp3) is 0.444. The first-order valence-electron chi connectivity index (χ1n) is 5.09. The van der Waals surface area contributed by atoms with Crippen LogP contribution in [0.4, 0.5) is 5.82 Å². The normalized spacial score (nSPS) is 11.2. The minimum atomic E-state index is -3.70. The van der Waals surface area contributed by atoms with Crippen LogP contribution in [0.25, 0.3) is 0 Å². The molecule has 0 aromatic carbocycles. The van der Waals surface area contributed by atoms with Crippen LogP contribution >= 0.6 is 0 Å². The second-order valence-corrected chi connectivity index (χ2v) is 5.02. The zero-order valence-corrected chi connectivity index (χ0v) is 10.5. The number of hydrogen-bond acceptors (Lipinski definition) is 6. The minimum absolute atomic E-state index is 0.0223. The number of sulfonamides is 1. The highest BCUT2D eigenvalue weighted by molar-refractivity contribution is 7.92. The smallest absolute Gasteiger partial charge is 0.358 e. The molecule has 0 aliphatic carbocycles. The van der Waals surface area contributed by atoms with Gasteiger partial charge in [0.2, 0.25) is 10.0 Å². The van der Waals surface area contributed by atoms with Gasteiger partial charge in [-0.25, -0.2) is 23.2 Å². The molecule has 0 fully saturated rings. The van der Waals surface area contributed by atoms with E-state index in [2.05, 4.69) is 14.7 Å². The number of nitrogens with one attached hydrogen (secondary N) is 1. The van der Waals surface area contributed by atoms with Gasteiger partial charge in [-0.05, 0) is 6.92 Å². The average molecular weight is 275 g/mol. The second-order valence-electron chi connectivity index (χ2n) is 3.18. The number of aromatic nitrogens is 2. The van der Waals surface area contributed by atoms with Gasteiger partial charge in [0.15, 0.2) is 11.5 Å². The van der Waals surface area contributed by atoms with E-state index in [1.807, 2.05) is 0 Å². The lowest BCUT2D eigenvalue weighted by Gasteiger charge is -2.08. The maximum Gasteiger partial charge on any atom is 0.358 e. The van der Waals surface area contributed by atoms with E-state index in [0.717, 1.165) is 0 Å². The van der Waals surface area contributed by atoms with Crippen molar-refractivity contribution in [3.63, 3.8) is 0 Å². The van der Waals surface area contributed by atoms with Crippen LogP contribution in [0.1, 0.15) is 17.4 Å². The molecule has 8 nitrogen and oxygen atoms in total. The van der Waals surface area contributed by atoms with Gasteiger partial charge in [0, 0.05) is 19.0 Å². The third-order valence-corrected chi connectivity index (χ3v) is 3.06. The Balaban J connectivity index is 2.81. The van der Waals surface area contributed by atoms with Crippen molar-refractivity contribution >= 4 is 21.8 Å². The molecule has 0 amide bonds. The number of ether oxygens (including phenoxy) is 1. The first kappa shape index (κ1) is 14.3. The van der Waals surface area contributed by atoms with Crippen molar-refractivity contribution < 1.29 is 23.1 Å². The number of nitrogens with zero attached hydrogens (tertiary/aromatic N) is 2. The summed E-state index contributed by atoms with van der Waals surface area (Å²) in [5.41, 5.74) is -0.447. The van der Waals surface area contributed by atoms with Crippen LogP contribution in [-0.2, 0) is 14.8 Å². The molecule has 18 heavy (non-hydrogen) atoms. The first-order chi connectivity index (χ1) is 8.46. The third kappa shape index (κ3) is 4.26. The molecule has 1 aromatic heterocycles. The third-order valence-electron chi connectivity index (χ3n) is 1.85. The van der Waals surface area contributed by atoms with Crippen LogP contribution in [0.2, 0.25) is 0 Å². The molecular formula is C9H13N3O5S. The lowest BCUT2D eigenvalue weighted by molar-refractivity contribution is 0.0691. The van der Waals surface area contributed by atoms with E-state index < -0.39 is 21.7 Å². The molecule has 0 aliphatic rings. The predicted molar refractivity (Wildman–Crippen MR) is 62.9 cm³/mol. The molecule has 0 bridgehead atoms. The lowest BCUT2D eigenvalue weighted by Crippen LogP contribution is -2.22. The fourth-order valence-corrected chi connectivity index (χ4v) is 1.96. The van der Waals surface area contributed by atoms with Crippen LogP contribution in [0.3, 0.4) is 0 Å². The Morgan fingerprint density at radius 1 is 1.44 bits per heavy atom. The molecule has 9 heteroatoms. The van der Waals surface area contributed by atoms with Gasteiger partial charge in [-0.1, -0.05) is 0 Å². The fourth-order valence-electron chi connectivity index (χ4n) is 1.08. The van der Waals surface area contributed by atoms with Crippen molar-refractivity contribution in [2.24, 2.45) is 0 Å². The van der Waals surface area contributed by atoms with Gasteiger partial charge in [-0.3, -0.25) is 4.72 Å². The molecule has 1 aromatic rings. The van der Waals surface area contributed by atoms with Crippen LogP contribution < -0.4 is 4.72 Å². The highest BCUT2D eigenvalue weighted by atomic mass is 32.2. The topological polar surface area (TPSA) is 118 Å². The summed E-state index contributed by atoms with van der Waals surface area (Å²) in [6.45, 7) is 2.17. The van der Waals surface area contributed by atoms with E-state index in [1.54, 1.807) is 6.92 Å². The maximum atomic E-state index is 11.6. The Hall–Kier alpha value is -1.74. The second kappa shape index (κ2) is 6.26. The summed E-state index contributed by atoms with van der Waals surface area (Å²) in [6.07, 6.45) is 2.37. The van der Waals surface area contributed by atoms with Gasteiger partial charge in [-0.2, -0.15) is 0 Å². The first-order valence-corrected chi connectivity index (χ1v) is 6.74. The molecule has 1 heterocycles. The number of carboxylic acids is 1. The van der Waals surface area contributed by atoms with Crippen molar-refractivity contribution in [3.05, 3.63) is 18.1 Å². The highest BCUT2D eigenvalue weighted by Gasteiger charge is 2.18. The van der Waals surface area contributed by atoms with Crippen LogP contribution in [0, 0.1) is 0 Å². The molecule has 0 spiro atoms. The summed E-state index contributed by atoms with van der Waals surface area (Å²) >= 11 is 0. The Labute approximate surface area is 104 Å². The van der Waals surface area contributed by atoms with E-state index in [1.165, 1.54) is 12.4 Å². The van der Waals surface area contributed by atoms with E-state index in [-0.39, 0.29) is 18.2 Å². The van der Waals surface area contributed by atoms with Crippen LogP contribution in [0.5, 0.6) is 0 Å². The molecule has 0 saturated carbocycles. The number of hydrogen-bond donors (Lipinski definition) is 2. The summed E-state index contributed by atoms with van der Waals surface area (Å²) in [5, 5.41) is 8.81. The van der Waals surface area contributed by atoms with Gasteiger partial charge in [0.05, 0.1) is 12.4 Å². The summed E-state index contributed by atoms with van der Waals surface area (Å²) in [5.74, 6) is -1.94. The number of carbonyl (C=O) groups is 1. The summed E-state index contributed by atoms with van der Waals surface area (Å²) < 4.78 is 30.2. The molecular weight excluding hydrogens is 262 g/mol. The summed E-state index contributed by atoms with van der Waals surface area (Å²) in [6, 6.07) is 0. The number of carboxylic acid groups (broad SMARTS) is 1. The van der Waals surface area contributed by atoms with Crippen molar-refractivity contribution in [2.75, 3.05) is 23.7 Å². The lowest BCUT2D eigenvalue weighted by atomic mass is 10.4. The summed E-state index contributed by atoms with van der Waals surface area (Å²) in [7, 11) is -3.70. The molecule has 0 unspecified atom stereocenters. The molecule has 0 aliphatic heterocycles. The zero-order valence-electron chi connectivity index (χ0n) is 9.66. The zero-order chi connectivity index (χ0) is 13.6. The molecule has 0 radical (unpaired) electrons. The van der Waals surface area contributed by atoms with Crippen molar-refractivity contribution in [3.8, 4) is 0 Å². The molecule has 0 atom stereocenters. The van der Waals surface area contributed by atoms with Crippen LogP contribution in [-0.4, -0.2) is 48.4 Å². The summed E-state index contributed by atoms with van der Waals surface area (Å²) in [4.78, 5) is 18.0. The van der Waals surface area contributed by atoms with Gasteiger partial charge in [0.1, 0.15) is 0 Å². The van der Waals surface area contributed by atoms with Crippen LogP contribution in [0.15, 0.2) is 12.4 Å². The Morgan fingerprint density at radius 2 is 2.11 bits per heavy atom. The van der Waals surface area contributed by atoms with Crippen molar-refractivity contribution in [1.82, 2.24) is 9.97 Å². The van der Waals surface area contributed by atoms with E-state index in [9.17, 15) is 13.2 Å². The number of aromatic carboxylic acids is 1. The quantitative estimate of drug-likeness (QED) is 0.670. The van der Waals surface area contributed by atoms with Gasteiger partial charge in [-0.15, -0.1) is 0 Å². The number of rotatable bonds is 7. The molecule has 2 N–H and O–H groups in total. The molecule has 100 valence electrons. The maximum absolute atomic E-state index is 11.6.